The number of anilines is 3. The highest BCUT2D eigenvalue weighted by Gasteiger charge is 2.38. The van der Waals surface area contributed by atoms with Crippen LogP contribution in [0.2, 0.25) is 0 Å². The van der Waals surface area contributed by atoms with Gasteiger partial charge in [0.1, 0.15) is 5.82 Å². The summed E-state index contributed by atoms with van der Waals surface area (Å²) in [6.45, 7) is 9.53. The third kappa shape index (κ3) is 3.85. The predicted molar refractivity (Wildman–Crippen MR) is 120 cm³/mol. The standard InChI is InChI=1S/C23H32FN7O/c1-23(2)10-15(11-23)17-9-18(29-28-17)25-21-19(24)22(27-20(26-21)14-3-4-14)31-7-5-30(6-8-31)16-12-32-13-16/h9,14-16H,3-8,10-13H2,1-2H3,(H2,25,26,27,28,29). The Balaban J connectivity index is 1.20. The fourth-order valence-corrected chi connectivity index (χ4v) is 5.23. The van der Waals surface area contributed by atoms with Gasteiger partial charge in [-0.3, -0.25) is 10.00 Å². The van der Waals surface area contributed by atoms with Crippen LogP contribution in [0.4, 0.5) is 21.8 Å². The molecule has 172 valence electrons. The quantitative estimate of drug-likeness (QED) is 0.711. The van der Waals surface area contributed by atoms with E-state index in [-0.39, 0.29) is 11.6 Å². The minimum Gasteiger partial charge on any atom is -0.378 e. The van der Waals surface area contributed by atoms with Crippen LogP contribution in [-0.4, -0.2) is 70.5 Å². The number of aromatic nitrogens is 4. The zero-order valence-electron chi connectivity index (χ0n) is 18.9. The van der Waals surface area contributed by atoms with Gasteiger partial charge in [0.05, 0.1) is 19.3 Å². The maximum absolute atomic E-state index is 15.6. The number of nitrogens with one attached hydrogen (secondary N) is 2. The number of H-pyrrole nitrogens is 1. The highest BCUT2D eigenvalue weighted by molar-refractivity contribution is 5.59. The van der Waals surface area contributed by atoms with E-state index in [1.807, 2.05) is 6.07 Å². The van der Waals surface area contributed by atoms with E-state index in [0.717, 1.165) is 76.6 Å². The van der Waals surface area contributed by atoms with E-state index in [9.17, 15) is 0 Å². The summed E-state index contributed by atoms with van der Waals surface area (Å²) in [5, 5.41) is 10.7. The van der Waals surface area contributed by atoms with E-state index < -0.39 is 0 Å². The lowest BCUT2D eigenvalue weighted by Crippen LogP contribution is -2.56. The van der Waals surface area contributed by atoms with Crippen molar-refractivity contribution in [3.05, 3.63) is 23.4 Å². The van der Waals surface area contributed by atoms with Crippen molar-refractivity contribution in [3.63, 3.8) is 0 Å². The molecule has 2 saturated heterocycles. The van der Waals surface area contributed by atoms with E-state index in [0.29, 0.717) is 34.9 Å². The summed E-state index contributed by atoms with van der Waals surface area (Å²) in [4.78, 5) is 13.7. The van der Waals surface area contributed by atoms with Crippen molar-refractivity contribution in [2.75, 3.05) is 49.6 Å². The van der Waals surface area contributed by atoms with Crippen molar-refractivity contribution in [2.24, 2.45) is 5.41 Å². The van der Waals surface area contributed by atoms with Crippen LogP contribution in [0.3, 0.4) is 0 Å². The minimum atomic E-state index is -0.385. The molecule has 8 nitrogen and oxygen atoms in total. The van der Waals surface area contributed by atoms with E-state index >= 15 is 4.39 Å². The Morgan fingerprint density at radius 1 is 1.09 bits per heavy atom. The molecule has 9 heteroatoms. The second-order valence-electron chi connectivity index (χ2n) is 10.7. The van der Waals surface area contributed by atoms with E-state index in [1.165, 1.54) is 0 Å². The number of piperazine rings is 1. The Labute approximate surface area is 187 Å². The lowest BCUT2D eigenvalue weighted by atomic mass is 9.63. The first-order valence-electron chi connectivity index (χ1n) is 11.9. The zero-order valence-corrected chi connectivity index (χ0v) is 18.9. The third-order valence-corrected chi connectivity index (χ3v) is 7.43. The summed E-state index contributed by atoms with van der Waals surface area (Å²) in [6, 6.07) is 2.51. The Hall–Kier alpha value is -2.26. The van der Waals surface area contributed by atoms with Gasteiger partial charge in [0.15, 0.2) is 17.5 Å². The van der Waals surface area contributed by atoms with E-state index in [2.05, 4.69) is 49.1 Å². The Bertz CT molecular complexity index is 984. The monoisotopic (exact) mass is 441 g/mol. The lowest BCUT2D eigenvalue weighted by molar-refractivity contribution is -0.0661. The SMILES string of the molecule is CC1(C)CC(c2cc(Nc3nc(C4CC4)nc(N4CCN(C5COC5)CC4)c3F)n[nH]2)C1. The second kappa shape index (κ2) is 7.66. The first-order chi connectivity index (χ1) is 15.4. The van der Waals surface area contributed by atoms with Gasteiger partial charge in [0.2, 0.25) is 5.82 Å². The highest BCUT2D eigenvalue weighted by atomic mass is 19.1. The van der Waals surface area contributed by atoms with Gasteiger partial charge in [-0.25, -0.2) is 9.97 Å². The van der Waals surface area contributed by atoms with Gasteiger partial charge in [-0.2, -0.15) is 9.49 Å². The van der Waals surface area contributed by atoms with Crippen LogP contribution >= 0.6 is 0 Å². The number of rotatable bonds is 6. The Morgan fingerprint density at radius 3 is 2.47 bits per heavy atom. The molecule has 2 aromatic heterocycles. The van der Waals surface area contributed by atoms with Crippen molar-refractivity contribution in [3.8, 4) is 0 Å². The number of hydrogen-bond acceptors (Lipinski definition) is 7. The van der Waals surface area contributed by atoms with Crippen LogP contribution in [-0.2, 0) is 4.74 Å². The molecule has 2 aliphatic heterocycles. The summed E-state index contributed by atoms with van der Waals surface area (Å²) in [7, 11) is 0. The first kappa shape index (κ1) is 20.4. The summed E-state index contributed by atoms with van der Waals surface area (Å²) < 4.78 is 20.9. The Kier molecular flexibility index (Phi) is 4.87. The summed E-state index contributed by atoms with van der Waals surface area (Å²) >= 11 is 0. The number of nitrogens with zero attached hydrogens (tertiary/aromatic N) is 5. The molecule has 0 aromatic carbocycles. The van der Waals surface area contributed by atoms with Crippen LogP contribution in [0.1, 0.15) is 62.9 Å². The van der Waals surface area contributed by atoms with E-state index in [1.54, 1.807) is 0 Å². The lowest BCUT2D eigenvalue weighted by Gasteiger charge is -2.42. The molecule has 4 aliphatic rings. The molecular formula is C23H32FN7O. The number of halogens is 1. The van der Waals surface area contributed by atoms with Gasteiger partial charge in [-0.15, -0.1) is 0 Å². The highest BCUT2D eigenvalue weighted by Crippen LogP contribution is 2.50. The van der Waals surface area contributed by atoms with Crippen molar-refractivity contribution in [1.82, 2.24) is 25.1 Å². The van der Waals surface area contributed by atoms with Crippen molar-refractivity contribution in [1.29, 1.82) is 0 Å². The van der Waals surface area contributed by atoms with Gasteiger partial charge in [-0.1, -0.05) is 13.8 Å². The molecule has 2 saturated carbocycles. The average Bonchev–Trinajstić information content (AvgIpc) is 3.46. The smallest absolute Gasteiger partial charge is 0.208 e. The molecule has 0 amide bonds. The maximum Gasteiger partial charge on any atom is 0.208 e. The van der Waals surface area contributed by atoms with Gasteiger partial charge in [0.25, 0.3) is 0 Å². The van der Waals surface area contributed by atoms with Gasteiger partial charge in [-0.05, 0) is 31.1 Å². The topological polar surface area (TPSA) is 82.2 Å². The normalized spacial score (nSPS) is 24.3. The van der Waals surface area contributed by atoms with Crippen LogP contribution in [0.5, 0.6) is 0 Å². The number of ether oxygens (including phenoxy) is 1. The van der Waals surface area contributed by atoms with Crippen LogP contribution < -0.4 is 10.2 Å². The molecule has 2 aromatic rings. The number of hydrogen-bond donors (Lipinski definition) is 2. The molecule has 32 heavy (non-hydrogen) atoms. The summed E-state index contributed by atoms with van der Waals surface area (Å²) in [5.74, 6) is 2.47. The van der Waals surface area contributed by atoms with Crippen molar-refractivity contribution < 1.29 is 9.13 Å². The average molecular weight is 442 g/mol. The predicted octanol–water partition coefficient (Wildman–Crippen LogP) is 3.38. The summed E-state index contributed by atoms with van der Waals surface area (Å²) in [5.41, 5.74) is 1.51. The van der Waals surface area contributed by atoms with Gasteiger partial charge >= 0.3 is 0 Å². The maximum atomic E-state index is 15.6. The molecular weight excluding hydrogens is 409 g/mol. The van der Waals surface area contributed by atoms with Crippen LogP contribution in [0, 0.1) is 11.2 Å². The van der Waals surface area contributed by atoms with Gasteiger partial charge in [0, 0.05) is 49.8 Å². The molecule has 0 unspecified atom stereocenters. The van der Waals surface area contributed by atoms with Crippen LogP contribution in [0.15, 0.2) is 6.07 Å². The first-order valence-corrected chi connectivity index (χ1v) is 11.9. The Morgan fingerprint density at radius 2 is 1.84 bits per heavy atom. The number of aromatic amines is 1. The fraction of sp³-hybridized carbons (Fsp3) is 0.696. The van der Waals surface area contributed by atoms with Gasteiger partial charge < -0.3 is 15.0 Å². The molecule has 0 radical (unpaired) electrons. The third-order valence-electron chi connectivity index (χ3n) is 7.43. The summed E-state index contributed by atoms with van der Waals surface area (Å²) in [6.07, 6.45) is 4.44. The molecule has 4 fully saturated rings. The molecule has 0 spiro atoms. The fourth-order valence-electron chi connectivity index (χ4n) is 5.23. The largest absolute Gasteiger partial charge is 0.378 e. The van der Waals surface area contributed by atoms with Crippen LogP contribution in [0.25, 0.3) is 0 Å². The molecule has 2 aliphatic carbocycles. The molecule has 0 bridgehead atoms. The van der Waals surface area contributed by atoms with Crippen molar-refractivity contribution in [2.45, 2.75) is 57.4 Å². The molecule has 2 N–H and O–H groups in total. The molecule has 4 heterocycles. The minimum absolute atomic E-state index is 0.235. The molecule has 6 rings (SSSR count). The zero-order chi connectivity index (χ0) is 21.9. The van der Waals surface area contributed by atoms with E-state index in [4.69, 9.17) is 4.74 Å². The van der Waals surface area contributed by atoms with Crippen molar-refractivity contribution >= 4 is 17.5 Å². The molecule has 0 atom stereocenters. The second-order valence-corrected chi connectivity index (χ2v) is 10.7.